The van der Waals surface area contributed by atoms with Gasteiger partial charge >= 0.3 is 0 Å². The van der Waals surface area contributed by atoms with Gasteiger partial charge in [-0.1, -0.05) is 50.0 Å². The van der Waals surface area contributed by atoms with E-state index in [1.54, 1.807) is 6.08 Å². The van der Waals surface area contributed by atoms with E-state index in [-0.39, 0.29) is 29.0 Å². The Kier molecular flexibility index (Phi) is 5.11. The molecule has 6 heteroatoms. The van der Waals surface area contributed by atoms with Gasteiger partial charge in [0.1, 0.15) is 6.10 Å². The van der Waals surface area contributed by atoms with Crippen LogP contribution in [-0.2, 0) is 14.8 Å². The van der Waals surface area contributed by atoms with Crippen molar-refractivity contribution in [2.75, 3.05) is 5.75 Å². The molecule has 1 N–H and O–H groups in total. The zero-order valence-electron chi connectivity index (χ0n) is 17.5. The summed E-state index contributed by atoms with van der Waals surface area (Å²) in [5.74, 6) is 4.57. The fraction of sp³-hybridized carbons (Fsp3) is 0.542. The zero-order valence-corrected chi connectivity index (χ0v) is 18.4. The summed E-state index contributed by atoms with van der Waals surface area (Å²) in [7, 11) is -3.73. The van der Waals surface area contributed by atoms with Crippen LogP contribution < -0.4 is 0 Å². The normalized spacial score (nSPS) is 32.0. The Morgan fingerprint density at radius 2 is 2.07 bits per heavy atom. The lowest BCUT2D eigenvalue weighted by molar-refractivity contribution is -0.135. The van der Waals surface area contributed by atoms with Crippen molar-refractivity contribution < 1.29 is 18.3 Å². The van der Waals surface area contributed by atoms with Gasteiger partial charge in [-0.2, -0.15) is 0 Å². The third kappa shape index (κ3) is 3.02. The molecule has 2 saturated carbocycles. The highest BCUT2D eigenvalue weighted by atomic mass is 32.2. The second-order valence-electron chi connectivity index (χ2n) is 9.47. The molecule has 3 aliphatic rings. The van der Waals surface area contributed by atoms with Crippen LogP contribution in [0.2, 0.25) is 0 Å². The van der Waals surface area contributed by atoms with Crippen molar-refractivity contribution in [3.8, 4) is 11.8 Å². The fourth-order valence-corrected chi connectivity index (χ4v) is 8.65. The number of aliphatic hydroxyl groups is 1. The molecule has 5 atom stereocenters. The van der Waals surface area contributed by atoms with E-state index in [4.69, 9.17) is 0 Å². The number of carbonyl (C=O) groups excluding carboxylic acids is 1. The minimum absolute atomic E-state index is 0.0203. The maximum Gasteiger partial charge on any atom is 0.243 e. The molecular formula is C24H29NO4S. The maximum absolute atomic E-state index is 13.5. The van der Waals surface area contributed by atoms with Crippen LogP contribution in [0.1, 0.15) is 45.1 Å². The molecule has 2 aliphatic carbocycles. The highest BCUT2D eigenvalue weighted by molar-refractivity contribution is 7.90. The molecule has 1 aromatic rings. The minimum Gasteiger partial charge on any atom is -0.380 e. The average molecular weight is 428 g/mol. The fourth-order valence-electron chi connectivity index (χ4n) is 6.07. The van der Waals surface area contributed by atoms with Gasteiger partial charge in [-0.05, 0) is 49.1 Å². The second kappa shape index (κ2) is 7.25. The summed E-state index contributed by atoms with van der Waals surface area (Å²) >= 11 is 0. The molecule has 1 aliphatic heterocycles. The predicted octanol–water partition coefficient (Wildman–Crippen LogP) is 2.96. The molecule has 4 rings (SSSR count). The zero-order chi connectivity index (χ0) is 21.7. The smallest absolute Gasteiger partial charge is 0.243 e. The summed E-state index contributed by atoms with van der Waals surface area (Å²) in [6.07, 6.45) is 3.00. The Morgan fingerprint density at radius 3 is 2.70 bits per heavy atom. The van der Waals surface area contributed by atoms with Crippen molar-refractivity contribution in [1.29, 1.82) is 0 Å². The van der Waals surface area contributed by atoms with Crippen LogP contribution >= 0.6 is 0 Å². The molecule has 5 nitrogen and oxygen atoms in total. The van der Waals surface area contributed by atoms with Crippen LogP contribution in [-0.4, -0.2) is 41.6 Å². The number of amides is 1. The highest BCUT2D eigenvalue weighted by Crippen LogP contribution is 2.70. The number of aliphatic hydroxyl groups excluding tert-OH is 1. The van der Waals surface area contributed by atoms with E-state index >= 15 is 0 Å². The molecule has 1 amide bonds. The van der Waals surface area contributed by atoms with Gasteiger partial charge in [0.15, 0.2) is 0 Å². The van der Waals surface area contributed by atoms with E-state index in [9.17, 15) is 18.3 Å². The maximum atomic E-state index is 13.5. The van der Waals surface area contributed by atoms with Crippen LogP contribution in [0.25, 0.3) is 0 Å². The Labute approximate surface area is 179 Å². The molecule has 0 aromatic heterocycles. The number of hydrogen-bond acceptors (Lipinski definition) is 4. The van der Waals surface area contributed by atoms with Crippen molar-refractivity contribution in [3.05, 3.63) is 48.6 Å². The Balaban J connectivity index is 1.64. The lowest BCUT2D eigenvalue weighted by Crippen LogP contribution is -2.48. The molecule has 1 heterocycles. The number of allylic oxidation sites excluding steroid dienone is 1. The Bertz CT molecular complexity index is 1020. The van der Waals surface area contributed by atoms with Crippen molar-refractivity contribution in [2.45, 2.75) is 51.7 Å². The van der Waals surface area contributed by atoms with Gasteiger partial charge in [0.25, 0.3) is 0 Å². The van der Waals surface area contributed by atoms with E-state index in [0.717, 1.165) is 22.7 Å². The molecule has 1 aromatic carbocycles. The van der Waals surface area contributed by atoms with Gasteiger partial charge < -0.3 is 5.11 Å². The molecule has 0 unspecified atom stereocenters. The number of sulfonamides is 1. The summed E-state index contributed by atoms with van der Waals surface area (Å²) in [4.78, 5) is 13.5. The number of hydrogen-bond donors (Lipinski definition) is 1. The van der Waals surface area contributed by atoms with Gasteiger partial charge in [0.2, 0.25) is 15.9 Å². The van der Waals surface area contributed by atoms with Gasteiger partial charge in [0, 0.05) is 11.0 Å². The summed E-state index contributed by atoms with van der Waals surface area (Å²) in [5, 5.41) is 10.7. The standard InChI is InChI=1S/C24H29NO4S/c1-4-8-19(20(26)12-11-17-9-6-5-7-10-17)22(27)25-21-15-18-13-14-24(21,23(18,2)3)16-30(25,28)29/h4-7,9-10,18-21,26H,1,8,13-16H2,2-3H3/t18-,19-,20+,21-,24-/m1/s1. The number of carbonyl (C=O) groups is 1. The molecule has 0 radical (unpaired) electrons. The lowest BCUT2D eigenvalue weighted by atomic mass is 9.69. The third-order valence-corrected chi connectivity index (χ3v) is 9.80. The topological polar surface area (TPSA) is 74.7 Å². The van der Waals surface area contributed by atoms with Crippen LogP contribution in [0.4, 0.5) is 0 Å². The van der Waals surface area contributed by atoms with Gasteiger partial charge in [-0.15, -0.1) is 6.58 Å². The first-order valence-corrected chi connectivity index (χ1v) is 12.2. The first-order valence-electron chi connectivity index (χ1n) is 10.6. The van der Waals surface area contributed by atoms with Gasteiger partial charge in [-0.25, -0.2) is 12.7 Å². The largest absolute Gasteiger partial charge is 0.380 e. The van der Waals surface area contributed by atoms with Crippen LogP contribution in [0.5, 0.6) is 0 Å². The van der Waals surface area contributed by atoms with E-state index < -0.39 is 28.0 Å². The van der Waals surface area contributed by atoms with Crippen molar-refractivity contribution in [2.24, 2.45) is 22.7 Å². The lowest BCUT2D eigenvalue weighted by Gasteiger charge is -2.37. The van der Waals surface area contributed by atoms with Crippen LogP contribution in [0.15, 0.2) is 43.0 Å². The monoisotopic (exact) mass is 427 g/mol. The van der Waals surface area contributed by atoms with E-state index in [2.05, 4.69) is 32.3 Å². The second-order valence-corrected chi connectivity index (χ2v) is 11.3. The highest BCUT2D eigenvalue weighted by Gasteiger charge is 2.72. The van der Waals surface area contributed by atoms with E-state index in [0.29, 0.717) is 12.3 Å². The van der Waals surface area contributed by atoms with Crippen molar-refractivity contribution in [1.82, 2.24) is 4.31 Å². The molecule has 1 saturated heterocycles. The molecule has 30 heavy (non-hydrogen) atoms. The third-order valence-electron chi connectivity index (χ3n) is 7.89. The molecule has 3 fully saturated rings. The number of benzene rings is 1. The molecular weight excluding hydrogens is 398 g/mol. The molecule has 1 spiro atoms. The SMILES string of the molecule is C=CC[C@@H](C(=O)N1[C@@H]2C[C@H]3CC[C@]2(CS1(=O)=O)C3(C)C)[C@@H](O)C#Cc1ccccc1. The van der Waals surface area contributed by atoms with Gasteiger partial charge in [-0.3, -0.25) is 4.79 Å². The summed E-state index contributed by atoms with van der Waals surface area (Å²) in [6, 6.07) is 8.87. The van der Waals surface area contributed by atoms with Gasteiger partial charge in [0.05, 0.1) is 17.7 Å². The van der Waals surface area contributed by atoms with Crippen LogP contribution in [0.3, 0.4) is 0 Å². The minimum atomic E-state index is -3.73. The van der Waals surface area contributed by atoms with Crippen LogP contribution in [0, 0.1) is 34.5 Å². The number of nitrogens with zero attached hydrogens (tertiary/aromatic N) is 1. The Morgan fingerprint density at radius 1 is 1.37 bits per heavy atom. The quantitative estimate of drug-likeness (QED) is 0.592. The Hall–Kier alpha value is -2.10. The van der Waals surface area contributed by atoms with Crippen molar-refractivity contribution >= 4 is 15.9 Å². The first kappa shape index (κ1) is 21.1. The van der Waals surface area contributed by atoms with E-state index in [1.807, 2.05) is 30.3 Å². The summed E-state index contributed by atoms with van der Waals surface area (Å²) < 4.78 is 27.4. The molecule has 2 bridgehead atoms. The first-order chi connectivity index (χ1) is 14.1. The summed E-state index contributed by atoms with van der Waals surface area (Å²) in [6.45, 7) is 7.99. The summed E-state index contributed by atoms with van der Waals surface area (Å²) in [5.41, 5.74) is 0.231. The van der Waals surface area contributed by atoms with E-state index in [1.165, 1.54) is 0 Å². The number of fused-ring (bicyclic) bond motifs is 1. The molecule has 160 valence electrons. The average Bonchev–Trinajstić information content (AvgIpc) is 3.18. The van der Waals surface area contributed by atoms with Crippen molar-refractivity contribution in [3.63, 3.8) is 0 Å². The number of rotatable bonds is 4. The predicted molar refractivity (Wildman–Crippen MR) is 116 cm³/mol.